The van der Waals surface area contributed by atoms with Gasteiger partial charge in [-0.2, -0.15) is 0 Å². The molecule has 1 aliphatic rings. The highest BCUT2D eigenvalue weighted by atomic mass is 35.5. The molecule has 1 aromatic carbocycles. The number of cyclic esters (lactones) is 1. The Morgan fingerprint density at radius 2 is 2.37 bits per heavy atom. The summed E-state index contributed by atoms with van der Waals surface area (Å²) in [5.41, 5.74) is 0.665. The van der Waals surface area contributed by atoms with E-state index in [0.29, 0.717) is 30.1 Å². The quantitative estimate of drug-likeness (QED) is 0.923. The van der Waals surface area contributed by atoms with Crippen molar-refractivity contribution in [3.8, 4) is 0 Å². The number of nitrogens with zero attached hydrogens (tertiary/aromatic N) is 1. The molecular formula is C13H15ClN2O3. The van der Waals surface area contributed by atoms with Crippen LogP contribution in [0.2, 0.25) is 5.02 Å². The Kier molecular flexibility index (Phi) is 4.27. The molecule has 1 aromatic rings. The van der Waals surface area contributed by atoms with Crippen molar-refractivity contribution in [1.82, 2.24) is 4.90 Å². The van der Waals surface area contributed by atoms with Gasteiger partial charge in [-0.25, -0.2) is 4.79 Å². The molecule has 0 saturated carbocycles. The molecule has 1 atom stereocenters. The lowest BCUT2D eigenvalue weighted by molar-refractivity contribution is -0.116. The lowest BCUT2D eigenvalue weighted by atomic mass is 10.2. The Morgan fingerprint density at radius 1 is 1.58 bits per heavy atom. The van der Waals surface area contributed by atoms with E-state index in [9.17, 15) is 9.59 Å². The normalized spacial score (nSPS) is 18.3. The molecule has 6 heteroatoms. The third kappa shape index (κ3) is 3.86. The molecule has 0 spiro atoms. The molecule has 1 unspecified atom stereocenters. The van der Waals surface area contributed by atoms with Crippen molar-refractivity contribution in [2.24, 2.45) is 0 Å². The summed E-state index contributed by atoms with van der Waals surface area (Å²) in [6.07, 6.45) is 0.281. The van der Waals surface area contributed by atoms with Gasteiger partial charge in [-0.05, 0) is 24.6 Å². The fraction of sp³-hybridized carbons (Fsp3) is 0.385. The van der Waals surface area contributed by atoms with Crippen LogP contribution in [0.15, 0.2) is 24.3 Å². The first kappa shape index (κ1) is 13.7. The Hall–Kier alpha value is -1.75. The summed E-state index contributed by atoms with van der Waals surface area (Å²) in [5, 5.41) is 3.32. The molecule has 2 amide bonds. The van der Waals surface area contributed by atoms with Gasteiger partial charge in [0, 0.05) is 24.2 Å². The van der Waals surface area contributed by atoms with Gasteiger partial charge in [-0.1, -0.05) is 17.7 Å². The van der Waals surface area contributed by atoms with Crippen LogP contribution in [0.1, 0.15) is 12.8 Å². The number of likely N-dealkylation sites (N-methyl/N-ethyl adjacent to an activating group) is 1. The summed E-state index contributed by atoms with van der Waals surface area (Å²) in [5.74, 6) is -0.118. The van der Waals surface area contributed by atoms with Crippen LogP contribution in [-0.2, 0) is 9.53 Å². The van der Waals surface area contributed by atoms with Crippen molar-refractivity contribution in [2.75, 3.05) is 18.9 Å². The number of halogens is 1. The average molecular weight is 283 g/mol. The highest BCUT2D eigenvalue weighted by molar-refractivity contribution is 6.30. The zero-order valence-electron chi connectivity index (χ0n) is 10.6. The first-order valence-electron chi connectivity index (χ1n) is 6.02. The monoisotopic (exact) mass is 282 g/mol. The minimum atomic E-state index is -0.333. The molecule has 2 rings (SSSR count). The zero-order valence-corrected chi connectivity index (χ0v) is 11.3. The Labute approximate surface area is 116 Å². The number of carbonyl (C=O) groups is 2. The molecule has 1 fully saturated rings. The van der Waals surface area contributed by atoms with E-state index < -0.39 is 0 Å². The van der Waals surface area contributed by atoms with Crippen molar-refractivity contribution in [3.63, 3.8) is 0 Å². The SMILES string of the molecule is CN1CC(CCC(=O)Nc2cccc(Cl)c2)OC1=O. The maximum Gasteiger partial charge on any atom is 0.409 e. The van der Waals surface area contributed by atoms with Crippen molar-refractivity contribution in [2.45, 2.75) is 18.9 Å². The Balaban J connectivity index is 1.78. The fourth-order valence-electron chi connectivity index (χ4n) is 1.88. The average Bonchev–Trinajstić information content (AvgIpc) is 2.66. The van der Waals surface area contributed by atoms with Gasteiger partial charge >= 0.3 is 6.09 Å². The first-order chi connectivity index (χ1) is 9.04. The van der Waals surface area contributed by atoms with Crippen molar-refractivity contribution in [3.05, 3.63) is 29.3 Å². The second-order valence-electron chi connectivity index (χ2n) is 4.48. The number of anilines is 1. The van der Waals surface area contributed by atoms with Crippen LogP contribution in [0.25, 0.3) is 0 Å². The molecular weight excluding hydrogens is 268 g/mol. The number of hydrogen-bond acceptors (Lipinski definition) is 3. The minimum absolute atomic E-state index is 0.118. The molecule has 0 radical (unpaired) electrons. The van der Waals surface area contributed by atoms with Crippen LogP contribution in [-0.4, -0.2) is 36.6 Å². The van der Waals surface area contributed by atoms with E-state index in [4.69, 9.17) is 16.3 Å². The molecule has 1 heterocycles. The van der Waals surface area contributed by atoms with Gasteiger partial charge in [0.15, 0.2) is 0 Å². The number of benzene rings is 1. The minimum Gasteiger partial charge on any atom is -0.444 e. The topological polar surface area (TPSA) is 58.6 Å². The van der Waals surface area contributed by atoms with Crippen LogP contribution >= 0.6 is 11.6 Å². The number of hydrogen-bond donors (Lipinski definition) is 1. The van der Waals surface area contributed by atoms with Gasteiger partial charge in [-0.3, -0.25) is 4.79 Å². The number of ether oxygens (including phenoxy) is 1. The third-order valence-corrected chi connectivity index (χ3v) is 3.09. The molecule has 0 aromatic heterocycles. The van der Waals surface area contributed by atoms with E-state index >= 15 is 0 Å². The highest BCUT2D eigenvalue weighted by Gasteiger charge is 2.28. The molecule has 5 nitrogen and oxygen atoms in total. The van der Waals surface area contributed by atoms with Gasteiger partial charge in [-0.15, -0.1) is 0 Å². The number of carbonyl (C=O) groups excluding carboxylic acids is 2. The predicted octanol–water partition coefficient (Wildman–Crippen LogP) is 2.51. The molecule has 0 aliphatic carbocycles. The summed E-state index contributed by atoms with van der Waals surface area (Å²) < 4.78 is 5.08. The predicted molar refractivity (Wildman–Crippen MR) is 72.2 cm³/mol. The Morgan fingerprint density at radius 3 is 3.00 bits per heavy atom. The van der Waals surface area contributed by atoms with Crippen molar-refractivity contribution in [1.29, 1.82) is 0 Å². The second-order valence-corrected chi connectivity index (χ2v) is 4.92. The summed E-state index contributed by atoms with van der Waals surface area (Å²) in [4.78, 5) is 24.4. The summed E-state index contributed by atoms with van der Waals surface area (Å²) in [6, 6.07) is 6.96. The standard InChI is InChI=1S/C13H15ClN2O3/c1-16-8-11(19-13(16)18)5-6-12(17)15-10-4-2-3-9(14)7-10/h2-4,7,11H,5-6,8H2,1H3,(H,15,17). The fourth-order valence-corrected chi connectivity index (χ4v) is 2.07. The van der Waals surface area contributed by atoms with Crippen LogP contribution in [0.3, 0.4) is 0 Å². The van der Waals surface area contributed by atoms with E-state index in [1.54, 1.807) is 31.3 Å². The third-order valence-electron chi connectivity index (χ3n) is 2.86. The summed E-state index contributed by atoms with van der Waals surface area (Å²) in [6.45, 7) is 0.531. The van der Waals surface area contributed by atoms with E-state index in [0.717, 1.165) is 0 Å². The van der Waals surface area contributed by atoms with Gasteiger partial charge in [0.1, 0.15) is 6.10 Å². The first-order valence-corrected chi connectivity index (χ1v) is 6.39. The van der Waals surface area contributed by atoms with Crippen molar-refractivity contribution < 1.29 is 14.3 Å². The smallest absolute Gasteiger partial charge is 0.409 e. The molecule has 19 heavy (non-hydrogen) atoms. The lowest BCUT2D eigenvalue weighted by Gasteiger charge is -2.08. The molecule has 1 saturated heterocycles. The van der Waals surface area contributed by atoms with Crippen LogP contribution in [0.4, 0.5) is 10.5 Å². The molecule has 0 bridgehead atoms. The van der Waals surface area contributed by atoms with Crippen LogP contribution in [0.5, 0.6) is 0 Å². The summed E-state index contributed by atoms with van der Waals surface area (Å²) >= 11 is 5.83. The van der Waals surface area contributed by atoms with E-state index in [-0.39, 0.29) is 18.1 Å². The zero-order chi connectivity index (χ0) is 13.8. The molecule has 1 N–H and O–H groups in total. The Bertz CT molecular complexity index is 493. The summed E-state index contributed by atoms with van der Waals surface area (Å²) in [7, 11) is 1.67. The maximum absolute atomic E-state index is 11.7. The maximum atomic E-state index is 11.7. The van der Waals surface area contributed by atoms with E-state index in [1.807, 2.05) is 0 Å². The molecule has 1 aliphatic heterocycles. The van der Waals surface area contributed by atoms with Gasteiger partial charge in [0.05, 0.1) is 6.54 Å². The van der Waals surface area contributed by atoms with Crippen molar-refractivity contribution >= 4 is 29.3 Å². The van der Waals surface area contributed by atoms with E-state index in [1.165, 1.54) is 4.90 Å². The van der Waals surface area contributed by atoms with Gasteiger partial charge in [0.25, 0.3) is 0 Å². The number of rotatable bonds is 4. The van der Waals surface area contributed by atoms with Gasteiger partial charge < -0.3 is 15.0 Å². The van der Waals surface area contributed by atoms with E-state index in [2.05, 4.69) is 5.32 Å². The second kappa shape index (κ2) is 5.93. The lowest BCUT2D eigenvalue weighted by Crippen LogP contribution is -2.20. The molecule has 102 valence electrons. The number of nitrogens with one attached hydrogen (secondary N) is 1. The number of amides is 2. The highest BCUT2D eigenvalue weighted by Crippen LogP contribution is 2.17. The van der Waals surface area contributed by atoms with Crippen LogP contribution in [0, 0.1) is 0 Å². The largest absolute Gasteiger partial charge is 0.444 e. The van der Waals surface area contributed by atoms with Crippen LogP contribution < -0.4 is 5.32 Å². The van der Waals surface area contributed by atoms with Gasteiger partial charge in [0.2, 0.25) is 5.91 Å².